The molecular formula is C25H26N2O4S. The van der Waals surface area contributed by atoms with E-state index in [-0.39, 0.29) is 16.7 Å². The molecule has 3 aromatic rings. The molecule has 1 aliphatic heterocycles. The van der Waals surface area contributed by atoms with E-state index in [2.05, 4.69) is 10.0 Å². The number of rotatable bonds is 5. The molecule has 7 heteroatoms. The van der Waals surface area contributed by atoms with Crippen LogP contribution >= 0.6 is 0 Å². The lowest BCUT2D eigenvalue weighted by Crippen LogP contribution is -2.22. The van der Waals surface area contributed by atoms with Crippen LogP contribution in [-0.4, -0.2) is 19.3 Å². The first-order valence-corrected chi connectivity index (χ1v) is 11.9. The number of carbonyl (C=O) groups excluding carboxylic acids is 1. The highest BCUT2D eigenvalue weighted by Crippen LogP contribution is 2.40. The number of hydrogen-bond donors (Lipinski definition) is 3. The number of aliphatic hydroxyl groups excluding tert-OH is 1. The molecule has 1 aliphatic rings. The van der Waals surface area contributed by atoms with Crippen molar-refractivity contribution in [2.45, 2.75) is 44.2 Å². The molecule has 4 rings (SSSR count). The van der Waals surface area contributed by atoms with Crippen LogP contribution in [0.5, 0.6) is 0 Å². The van der Waals surface area contributed by atoms with Gasteiger partial charge in [0.2, 0.25) is 0 Å². The Morgan fingerprint density at radius 1 is 1.00 bits per heavy atom. The van der Waals surface area contributed by atoms with Crippen LogP contribution < -0.4 is 10.0 Å². The normalized spacial score (nSPS) is 17.9. The highest BCUT2D eigenvalue weighted by Gasteiger charge is 2.28. The second-order valence-corrected chi connectivity index (χ2v) is 9.96. The fourth-order valence-electron chi connectivity index (χ4n) is 3.90. The smallest absolute Gasteiger partial charge is 0.261 e. The summed E-state index contributed by atoms with van der Waals surface area (Å²) in [5, 5.41) is 14.1. The van der Waals surface area contributed by atoms with Crippen LogP contribution in [-0.2, 0) is 10.0 Å². The molecule has 1 unspecified atom stereocenters. The summed E-state index contributed by atoms with van der Waals surface area (Å²) in [6.45, 7) is 5.42. The van der Waals surface area contributed by atoms with Crippen LogP contribution in [0.4, 0.5) is 11.4 Å². The van der Waals surface area contributed by atoms with Crippen molar-refractivity contribution < 1.29 is 18.3 Å². The van der Waals surface area contributed by atoms with E-state index in [4.69, 9.17) is 0 Å². The van der Waals surface area contributed by atoms with Gasteiger partial charge >= 0.3 is 0 Å². The minimum Gasteiger partial charge on any atom is -0.388 e. The molecule has 0 fully saturated rings. The Bertz CT molecular complexity index is 1280. The van der Waals surface area contributed by atoms with Gasteiger partial charge in [0.1, 0.15) is 0 Å². The Hall–Kier alpha value is -3.16. The van der Waals surface area contributed by atoms with Gasteiger partial charge in [-0.3, -0.25) is 9.52 Å². The first kappa shape index (κ1) is 22.0. The molecule has 0 spiro atoms. The Morgan fingerprint density at radius 2 is 1.72 bits per heavy atom. The van der Waals surface area contributed by atoms with Gasteiger partial charge in [-0.1, -0.05) is 30.3 Å². The van der Waals surface area contributed by atoms with Crippen molar-refractivity contribution in [2.24, 2.45) is 0 Å². The van der Waals surface area contributed by atoms with Crippen molar-refractivity contribution in [3.05, 3.63) is 88.5 Å². The quantitative estimate of drug-likeness (QED) is 0.481. The second-order valence-electron chi connectivity index (χ2n) is 8.28. The molecule has 0 amide bonds. The maximum atomic E-state index is 12.9. The molecular weight excluding hydrogens is 424 g/mol. The van der Waals surface area contributed by atoms with Gasteiger partial charge in [-0.15, -0.1) is 0 Å². The first-order chi connectivity index (χ1) is 15.1. The summed E-state index contributed by atoms with van der Waals surface area (Å²) in [5.41, 5.74) is 5.40. The molecule has 0 aromatic heterocycles. The molecule has 0 saturated carbocycles. The summed E-state index contributed by atoms with van der Waals surface area (Å²) in [6.07, 6.45) is -0.430. The number of sulfonamides is 1. The molecule has 0 saturated heterocycles. The van der Waals surface area contributed by atoms with Gasteiger partial charge in [0.15, 0.2) is 5.78 Å². The van der Waals surface area contributed by atoms with Gasteiger partial charge in [0.05, 0.1) is 17.0 Å². The third kappa shape index (κ3) is 4.40. The summed E-state index contributed by atoms with van der Waals surface area (Å²) in [5.74, 6) is 0.00156. The molecule has 32 heavy (non-hydrogen) atoms. The van der Waals surface area contributed by atoms with E-state index >= 15 is 0 Å². The molecule has 166 valence electrons. The molecule has 3 N–H and O–H groups in total. The number of Topliss-reactive ketones (excluding diaryl/α,β-unsaturated/α-hetero) is 1. The van der Waals surface area contributed by atoms with Crippen molar-refractivity contribution in [3.8, 4) is 0 Å². The summed E-state index contributed by atoms with van der Waals surface area (Å²) in [7, 11) is -3.80. The Labute approximate surface area is 188 Å². The molecule has 0 aliphatic carbocycles. The maximum Gasteiger partial charge on any atom is 0.261 e. The van der Waals surface area contributed by atoms with E-state index in [0.29, 0.717) is 28.9 Å². The Kier molecular flexibility index (Phi) is 5.79. The van der Waals surface area contributed by atoms with E-state index in [1.807, 2.05) is 32.0 Å². The van der Waals surface area contributed by atoms with Crippen LogP contribution in [0.1, 0.15) is 58.1 Å². The molecule has 0 bridgehead atoms. The van der Waals surface area contributed by atoms with E-state index in [1.54, 1.807) is 30.3 Å². The average Bonchev–Trinajstić information content (AvgIpc) is 2.76. The molecule has 1 heterocycles. The fraction of sp³-hybridized carbons (Fsp3) is 0.240. The number of aryl methyl sites for hydroxylation is 2. The number of hydrogen-bond acceptors (Lipinski definition) is 5. The zero-order valence-electron chi connectivity index (χ0n) is 18.2. The topological polar surface area (TPSA) is 95.5 Å². The number of nitrogens with one attached hydrogen (secondary N) is 2. The minimum absolute atomic E-state index is 0.00156. The third-order valence-electron chi connectivity index (χ3n) is 5.96. The van der Waals surface area contributed by atoms with Crippen LogP contribution in [0.2, 0.25) is 0 Å². The summed E-state index contributed by atoms with van der Waals surface area (Å²) >= 11 is 0. The zero-order chi connectivity index (χ0) is 23.0. The number of fused-ring (bicyclic) bond motifs is 1. The van der Waals surface area contributed by atoms with E-state index in [9.17, 15) is 18.3 Å². The number of aliphatic hydroxyl groups is 1. The van der Waals surface area contributed by atoms with Crippen molar-refractivity contribution in [2.75, 3.05) is 10.0 Å². The number of benzene rings is 3. The highest BCUT2D eigenvalue weighted by atomic mass is 32.2. The number of ketones is 1. The van der Waals surface area contributed by atoms with Gasteiger partial charge in [0, 0.05) is 28.9 Å². The number of carbonyl (C=O) groups is 1. The lowest BCUT2D eigenvalue weighted by atomic mass is 9.91. The standard InChI is InChI=1S/C25H26N2O4S/c1-15-4-9-20(12-16(15)2)27-32(30,31)21-10-11-23-22(13-21)25(29)14-24(26-23)19-7-5-18(6-8-19)17(3)28/h4-13,24-27,29H,14H2,1-3H3/t24-,25?/m0/s1. The second kappa shape index (κ2) is 8.41. The van der Waals surface area contributed by atoms with Crippen molar-refractivity contribution in [1.82, 2.24) is 0 Å². The van der Waals surface area contributed by atoms with Gasteiger partial charge in [-0.2, -0.15) is 0 Å². The van der Waals surface area contributed by atoms with E-state index < -0.39 is 16.1 Å². The van der Waals surface area contributed by atoms with Crippen LogP contribution in [0.3, 0.4) is 0 Å². The Balaban J connectivity index is 1.57. The lowest BCUT2D eigenvalue weighted by Gasteiger charge is -2.31. The highest BCUT2D eigenvalue weighted by molar-refractivity contribution is 7.92. The maximum absolute atomic E-state index is 12.9. The predicted octanol–water partition coefficient (Wildman–Crippen LogP) is 4.90. The van der Waals surface area contributed by atoms with Gasteiger partial charge in [-0.25, -0.2) is 8.42 Å². The molecule has 2 atom stereocenters. The van der Waals surface area contributed by atoms with E-state index in [1.165, 1.54) is 19.1 Å². The fourth-order valence-corrected chi connectivity index (χ4v) is 4.98. The monoisotopic (exact) mass is 450 g/mol. The van der Waals surface area contributed by atoms with Gasteiger partial charge < -0.3 is 10.4 Å². The van der Waals surface area contributed by atoms with Crippen LogP contribution in [0.25, 0.3) is 0 Å². The molecule has 0 radical (unpaired) electrons. The predicted molar refractivity (Wildman–Crippen MR) is 126 cm³/mol. The molecule has 6 nitrogen and oxygen atoms in total. The first-order valence-electron chi connectivity index (χ1n) is 10.4. The molecule has 3 aromatic carbocycles. The van der Waals surface area contributed by atoms with Gasteiger partial charge in [0.25, 0.3) is 10.0 Å². The van der Waals surface area contributed by atoms with Crippen LogP contribution in [0, 0.1) is 13.8 Å². The minimum atomic E-state index is -3.80. The summed E-state index contributed by atoms with van der Waals surface area (Å²) < 4.78 is 28.5. The Morgan fingerprint density at radius 3 is 2.38 bits per heavy atom. The zero-order valence-corrected chi connectivity index (χ0v) is 19.0. The number of anilines is 2. The third-order valence-corrected chi connectivity index (χ3v) is 7.34. The van der Waals surface area contributed by atoms with Crippen molar-refractivity contribution >= 4 is 27.2 Å². The van der Waals surface area contributed by atoms with Crippen molar-refractivity contribution in [1.29, 1.82) is 0 Å². The SMILES string of the molecule is CC(=O)c1ccc([C@@H]2CC(O)c3cc(S(=O)(=O)Nc4ccc(C)c(C)c4)ccc3N2)cc1. The largest absolute Gasteiger partial charge is 0.388 e. The average molecular weight is 451 g/mol. The summed E-state index contributed by atoms with van der Waals surface area (Å²) in [4.78, 5) is 11.6. The summed E-state index contributed by atoms with van der Waals surface area (Å²) in [6, 6.07) is 17.3. The van der Waals surface area contributed by atoms with Crippen molar-refractivity contribution in [3.63, 3.8) is 0 Å². The lowest BCUT2D eigenvalue weighted by molar-refractivity contribution is 0.101. The van der Waals surface area contributed by atoms with E-state index in [0.717, 1.165) is 16.7 Å². The van der Waals surface area contributed by atoms with Crippen LogP contribution in [0.15, 0.2) is 65.6 Å². The van der Waals surface area contributed by atoms with Gasteiger partial charge in [-0.05, 0) is 67.8 Å².